The number of aromatic nitrogens is 4. The van der Waals surface area contributed by atoms with Crippen molar-refractivity contribution in [2.24, 2.45) is 7.05 Å². The fourth-order valence-corrected chi connectivity index (χ4v) is 4.86. The summed E-state index contributed by atoms with van der Waals surface area (Å²) in [6.45, 7) is 3.85. The van der Waals surface area contributed by atoms with Crippen LogP contribution in [0, 0.1) is 0 Å². The average Bonchev–Trinajstić information content (AvgIpc) is 2.88. The molecule has 124 valence electrons. The molecule has 7 nitrogen and oxygen atoms in total. The molecule has 1 aromatic heterocycles. The summed E-state index contributed by atoms with van der Waals surface area (Å²) in [5.41, 5.74) is 0.691. The van der Waals surface area contributed by atoms with Gasteiger partial charge in [-0.1, -0.05) is 18.6 Å². The Balaban J connectivity index is 2.01. The first-order valence-corrected chi connectivity index (χ1v) is 9.21. The molecule has 0 spiro atoms. The molecule has 1 saturated carbocycles. The normalized spacial score (nSPS) is 16.0. The highest BCUT2D eigenvalue weighted by atomic mass is 32.2. The molecule has 1 aliphatic carbocycles. The van der Waals surface area contributed by atoms with Gasteiger partial charge in [0.25, 0.3) is 0 Å². The second kappa shape index (κ2) is 6.01. The van der Waals surface area contributed by atoms with Crippen LogP contribution in [0.4, 0.5) is 0 Å². The summed E-state index contributed by atoms with van der Waals surface area (Å²) in [5.74, 6) is 0.543. The predicted octanol–water partition coefficient (Wildman–Crippen LogP) is 1.83. The van der Waals surface area contributed by atoms with Crippen molar-refractivity contribution in [2.75, 3.05) is 0 Å². The van der Waals surface area contributed by atoms with Crippen LogP contribution in [0.3, 0.4) is 0 Å². The number of sulfonamides is 1. The average molecular weight is 335 g/mol. The minimum absolute atomic E-state index is 0.0644. The molecule has 23 heavy (non-hydrogen) atoms. The third kappa shape index (κ3) is 2.88. The first kappa shape index (κ1) is 16.1. The van der Waals surface area contributed by atoms with Crippen molar-refractivity contribution >= 4 is 10.0 Å². The minimum atomic E-state index is -3.53. The van der Waals surface area contributed by atoms with Crippen LogP contribution in [0.25, 0.3) is 11.4 Å². The summed E-state index contributed by atoms with van der Waals surface area (Å²) < 4.78 is 29.3. The zero-order valence-electron chi connectivity index (χ0n) is 13.5. The van der Waals surface area contributed by atoms with Crippen molar-refractivity contribution in [3.8, 4) is 11.4 Å². The smallest absolute Gasteiger partial charge is 0.229 e. The van der Waals surface area contributed by atoms with Gasteiger partial charge >= 0.3 is 0 Å². The van der Waals surface area contributed by atoms with Gasteiger partial charge in [-0.2, -0.15) is 4.31 Å². The molecule has 0 unspecified atom stereocenters. The van der Waals surface area contributed by atoms with Gasteiger partial charge < -0.3 is 0 Å². The zero-order chi connectivity index (χ0) is 16.6. The van der Waals surface area contributed by atoms with Gasteiger partial charge in [-0.25, -0.2) is 13.1 Å². The van der Waals surface area contributed by atoms with Gasteiger partial charge in [-0.05, 0) is 49.2 Å². The Morgan fingerprint density at radius 2 is 2.04 bits per heavy atom. The lowest BCUT2D eigenvalue weighted by Crippen LogP contribution is -2.47. The van der Waals surface area contributed by atoms with Gasteiger partial charge in [0.1, 0.15) is 0 Å². The van der Waals surface area contributed by atoms with Gasteiger partial charge in [0.05, 0.1) is 4.90 Å². The highest BCUT2D eigenvalue weighted by molar-refractivity contribution is 7.89. The number of tetrazole rings is 1. The minimum Gasteiger partial charge on any atom is -0.229 e. The van der Waals surface area contributed by atoms with Crippen LogP contribution in [0.1, 0.15) is 33.1 Å². The Kier molecular flexibility index (Phi) is 4.20. The molecule has 0 amide bonds. The summed E-state index contributed by atoms with van der Waals surface area (Å²) in [6.07, 6.45) is 2.96. The van der Waals surface area contributed by atoms with Crippen molar-refractivity contribution in [2.45, 2.75) is 50.1 Å². The monoisotopic (exact) mass is 335 g/mol. The van der Waals surface area contributed by atoms with Crippen LogP contribution in [0.2, 0.25) is 0 Å². The number of hydrogen-bond donors (Lipinski definition) is 0. The molecule has 1 fully saturated rings. The molecule has 2 aromatic rings. The van der Waals surface area contributed by atoms with E-state index in [1.54, 1.807) is 29.6 Å². The second-order valence-corrected chi connectivity index (χ2v) is 8.01. The quantitative estimate of drug-likeness (QED) is 0.832. The van der Waals surface area contributed by atoms with E-state index in [1.807, 2.05) is 19.9 Å². The fourth-order valence-electron chi connectivity index (χ4n) is 2.93. The number of benzene rings is 1. The van der Waals surface area contributed by atoms with E-state index >= 15 is 0 Å². The van der Waals surface area contributed by atoms with E-state index in [0.717, 1.165) is 19.3 Å². The number of rotatable bonds is 5. The fraction of sp³-hybridized carbons (Fsp3) is 0.533. The Bertz CT molecular complexity index is 796. The molecule has 0 atom stereocenters. The lowest BCUT2D eigenvalue weighted by molar-refractivity contribution is 0.188. The predicted molar refractivity (Wildman–Crippen MR) is 86.0 cm³/mol. The summed E-state index contributed by atoms with van der Waals surface area (Å²) in [5, 5.41) is 11.3. The Morgan fingerprint density at radius 3 is 2.57 bits per heavy atom. The molecule has 0 saturated heterocycles. The molecule has 1 aliphatic rings. The van der Waals surface area contributed by atoms with E-state index in [0.29, 0.717) is 16.3 Å². The molecule has 0 bridgehead atoms. The summed E-state index contributed by atoms with van der Waals surface area (Å²) >= 11 is 0. The van der Waals surface area contributed by atoms with Gasteiger partial charge in [-0.3, -0.25) is 0 Å². The lowest BCUT2D eigenvalue weighted by Gasteiger charge is -2.39. The van der Waals surface area contributed by atoms with Crippen LogP contribution >= 0.6 is 0 Å². The van der Waals surface area contributed by atoms with Gasteiger partial charge in [-0.15, -0.1) is 5.10 Å². The molecule has 0 aliphatic heterocycles. The summed E-state index contributed by atoms with van der Waals surface area (Å²) in [4.78, 5) is 0.290. The number of nitrogens with zero attached hydrogens (tertiary/aromatic N) is 5. The number of hydrogen-bond acceptors (Lipinski definition) is 5. The highest BCUT2D eigenvalue weighted by Gasteiger charge is 2.36. The van der Waals surface area contributed by atoms with Crippen LogP contribution < -0.4 is 0 Å². The van der Waals surface area contributed by atoms with E-state index in [1.165, 1.54) is 4.68 Å². The van der Waals surface area contributed by atoms with E-state index < -0.39 is 10.0 Å². The summed E-state index contributed by atoms with van der Waals surface area (Å²) in [6, 6.07) is 6.88. The van der Waals surface area contributed by atoms with Crippen molar-refractivity contribution in [1.82, 2.24) is 24.5 Å². The van der Waals surface area contributed by atoms with Crippen LogP contribution in [-0.4, -0.2) is 45.0 Å². The van der Waals surface area contributed by atoms with Gasteiger partial charge in [0, 0.05) is 24.7 Å². The van der Waals surface area contributed by atoms with Gasteiger partial charge in [0.2, 0.25) is 10.0 Å². The topological polar surface area (TPSA) is 81.0 Å². The van der Waals surface area contributed by atoms with E-state index in [-0.39, 0.29) is 12.1 Å². The molecule has 8 heteroatoms. The SMILES string of the molecule is CC(C)N(C1CCC1)S(=O)(=O)c1cccc(-c2nnnn2C)c1. The first-order valence-electron chi connectivity index (χ1n) is 7.77. The molecule has 1 aromatic carbocycles. The van der Waals surface area contributed by atoms with Crippen molar-refractivity contribution in [3.63, 3.8) is 0 Å². The van der Waals surface area contributed by atoms with Crippen molar-refractivity contribution in [1.29, 1.82) is 0 Å². The maximum atomic E-state index is 13.1. The molecular formula is C15H21N5O2S. The lowest BCUT2D eigenvalue weighted by atomic mass is 9.92. The maximum absolute atomic E-state index is 13.1. The largest absolute Gasteiger partial charge is 0.243 e. The van der Waals surface area contributed by atoms with Crippen LogP contribution in [0.15, 0.2) is 29.2 Å². The molecule has 0 radical (unpaired) electrons. The molecular weight excluding hydrogens is 314 g/mol. The van der Waals surface area contributed by atoms with Crippen LogP contribution in [0.5, 0.6) is 0 Å². The third-order valence-electron chi connectivity index (χ3n) is 4.23. The van der Waals surface area contributed by atoms with E-state index in [2.05, 4.69) is 15.5 Å². The van der Waals surface area contributed by atoms with Gasteiger partial charge in [0.15, 0.2) is 5.82 Å². The van der Waals surface area contributed by atoms with Crippen molar-refractivity contribution in [3.05, 3.63) is 24.3 Å². The Labute approximate surface area is 136 Å². The first-order chi connectivity index (χ1) is 10.9. The molecule has 3 rings (SSSR count). The van der Waals surface area contributed by atoms with E-state index in [4.69, 9.17) is 0 Å². The highest BCUT2D eigenvalue weighted by Crippen LogP contribution is 2.32. The summed E-state index contributed by atoms with van der Waals surface area (Å²) in [7, 11) is -1.80. The van der Waals surface area contributed by atoms with Crippen molar-refractivity contribution < 1.29 is 8.42 Å². The second-order valence-electron chi connectivity index (χ2n) is 6.17. The third-order valence-corrected chi connectivity index (χ3v) is 6.36. The molecule has 1 heterocycles. The Hall–Kier alpha value is -1.80. The Morgan fingerprint density at radius 1 is 1.30 bits per heavy atom. The maximum Gasteiger partial charge on any atom is 0.243 e. The molecule has 0 N–H and O–H groups in total. The van der Waals surface area contributed by atoms with E-state index in [9.17, 15) is 8.42 Å². The zero-order valence-corrected chi connectivity index (χ0v) is 14.4. The van der Waals surface area contributed by atoms with Crippen LogP contribution in [-0.2, 0) is 17.1 Å². The standard InChI is InChI=1S/C15H21N5O2S/c1-11(2)20(13-7-5-8-13)23(21,22)14-9-4-6-12(10-14)15-16-17-18-19(15)3/h4,6,9-11,13H,5,7-8H2,1-3H3. The number of aryl methyl sites for hydroxylation is 1.